The number of hydrogen-bond donors (Lipinski definition) is 4. The van der Waals surface area contributed by atoms with E-state index < -0.39 is 0 Å². The van der Waals surface area contributed by atoms with Crippen molar-refractivity contribution in [3.63, 3.8) is 0 Å². The molecule has 1 saturated carbocycles. The van der Waals surface area contributed by atoms with Gasteiger partial charge in [-0.25, -0.2) is 4.98 Å². The number of aryl methyl sites for hydroxylation is 1. The highest BCUT2D eigenvalue weighted by atomic mass is 16.5. The molecule has 0 bridgehead atoms. The summed E-state index contributed by atoms with van der Waals surface area (Å²) in [6.45, 7) is 8.22. The SMILES string of the molecule is CCC1CCC(NCCC#N)CC(Nc2nc(Nc3cc(C)[nH]n3)c3ccc(N4CCOCC4)cc3n2)C1. The first-order valence-electron chi connectivity index (χ1n) is 13.9. The average Bonchev–Trinajstić information content (AvgIpc) is 3.24. The summed E-state index contributed by atoms with van der Waals surface area (Å²) in [7, 11) is 0. The van der Waals surface area contributed by atoms with Crippen molar-refractivity contribution in [2.75, 3.05) is 48.4 Å². The topological polar surface area (TPSA) is 127 Å². The van der Waals surface area contributed by atoms with Gasteiger partial charge in [0, 0.05) is 61.0 Å². The molecule has 5 rings (SSSR count). The Balaban J connectivity index is 1.44. The van der Waals surface area contributed by atoms with Crippen molar-refractivity contribution in [3.05, 3.63) is 30.0 Å². The molecule has 2 aromatic heterocycles. The molecule has 1 saturated heterocycles. The van der Waals surface area contributed by atoms with Gasteiger partial charge < -0.3 is 25.6 Å². The van der Waals surface area contributed by atoms with Crippen LogP contribution < -0.4 is 20.9 Å². The highest BCUT2D eigenvalue weighted by Gasteiger charge is 2.26. The van der Waals surface area contributed by atoms with Gasteiger partial charge in [-0.15, -0.1) is 0 Å². The smallest absolute Gasteiger partial charge is 0.225 e. The Hall–Kier alpha value is -3.42. The van der Waals surface area contributed by atoms with Crippen LogP contribution in [-0.4, -0.2) is 65.1 Å². The Bertz CT molecular complexity index is 1250. The van der Waals surface area contributed by atoms with Crippen molar-refractivity contribution < 1.29 is 4.74 Å². The molecule has 2 aliphatic rings. The van der Waals surface area contributed by atoms with Crippen LogP contribution in [0.15, 0.2) is 24.3 Å². The summed E-state index contributed by atoms with van der Waals surface area (Å²) in [6.07, 6.45) is 6.10. The molecule has 10 heteroatoms. The van der Waals surface area contributed by atoms with Gasteiger partial charge >= 0.3 is 0 Å². The normalized spacial score (nSPS) is 22.1. The van der Waals surface area contributed by atoms with Crippen LogP contribution in [-0.2, 0) is 4.74 Å². The lowest BCUT2D eigenvalue weighted by molar-refractivity contribution is 0.122. The third-order valence-electron chi connectivity index (χ3n) is 7.70. The minimum atomic E-state index is 0.252. The first-order chi connectivity index (χ1) is 18.6. The largest absolute Gasteiger partial charge is 0.378 e. The maximum atomic E-state index is 8.96. The Labute approximate surface area is 224 Å². The van der Waals surface area contributed by atoms with Gasteiger partial charge in [0.25, 0.3) is 0 Å². The van der Waals surface area contributed by atoms with Gasteiger partial charge in [-0.2, -0.15) is 15.3 Å². The molecule has 1 aliphatic heterocycles. The van der Waals surface area contributed by atoms with Crippen LogP contribution in [0, 0.1) is 24.2 Å². The highest BCUT2D eigenvalue weighted by molar-refractivity contribution is 5.93. The number of rotatable bonds is 9. The van der Waals surface area contributed by atoms with Gasteiger partial charge in [0.1, 0.15) is 5.82 Å². The molecule has 1 aliphatic carbocycles. The molecule has 1 aromatic carbocycles. The van der Waals surface area contributed by atoms with Crippen LogP contribution in [0.4, 0.5) is 23.3 Å². The molecular formula is C28H39N9O. The van der Waals surface area contributed by atoms with Crippen molar-refractivity contribution >= 4 is 34.2 Å². The predicted molar refractivity (Wildman–Crippen MR) is 151 cm³/mol. The number of H-pyrrole nitrogens is 1. The van der Waals surface area contributed by atoms with E-state index in [0.29, 0.717) is 24.3 Å². The molecule has 4 N–H and O–H groups in total. The summed E-state index contributed by atoms with van der Waals surface area (Å²) in [4.78, 5) is 12.3. The Morgan fingerprint density at radius 3 is 2.76 bits per heavy atom. The van der Waals surface area contributed by atoms with E-state index in [1.165, 1.54) is 6.42 Å². The van der Waals surface area contributed by atoms with Crippen molar-refractivity contribution in [2.45, 2.75) is 64.5 Å². The fourth-order valence-electron chi connectivity index (χ4n) is 5.60. The van der Waals surface area contributed by atoms with E-state index in [2.05, 4.69) is 62.2 Å². The Morgan fingerprint density at radius 2 is 2.00 bits per heavy atom. The monoisotopic (exact) mass is 517 g/mol. The number of nitrogens with zero attached hydrogens (tertiary/aromatic N) is 5. The van der Waals surface area contributed by atoms with Crippen LogP contribution in [0.5, 0.6) is 0 Å². The van der Waals surface area contributed by atoms with Crippen molar-refractivity contribution in [2.24, 2.45) is 5.92 Å². The van der Waals surface area contributed by atoms with Crippen LogP contribution in [0.1, 0.15) is 51.1 Å². The highest BCUT2D eigenvalue weighted by Crippen LogP contribution is 2.31. The van der Waals surface area contributed by atoms with Gasteiger partial charge in [0.15, 0.2) is 5.82 Å². The fourth-order valence-corrected chi connectivity index (χ4v) is 5.60. The third kappa shape index (κ3) is 6.52. The molecule has 0 spiro atoms. The summed E-state index contributed by atoms with van der Waals surface area (Å²) in [5, 5.41) is 28.0. The molecule has 3 atom stereocenters. The number of fused-ring (bicyclic) bond motifs is 1. The molecule has 202 valence electrons. The minimum Gasteiger partial charge on any atom is -0.378 e. The quantitative estimate of drug-likeness (QED) is 0.240. The predicted octanol–water partition coefficient (Wildman–Crippen LogP) is 4.49. The van der Waals surface area contributed by atoms with Crippen molar-refractivity contribution in [3.8, 4) is 6.07 Å². The number of ether oxygens (including phenoxy) is 1. The molecule has 38 heavy (non-hydrogen) atoms. The number of hydrogen-bond acceptors (Lipinski definition) is 9. The second kappa shape index (κ2) is 12.4. The molecule has 3 heterocycles. The van der Waals surface area contributed by atoms with Gasteiger partial charge in [-0.05, 0) is 56.7 Å². The fraction of sp³-hybridized carbons (Fsp3) is 0.571. The first kappa shape index (κ1) is 26.2. The number of nitrogens with one attached hydrogen (secondary N) is 4. The molecule has 3 unspecified atom stereocenters. The number of aromatic amines is 1. The van der Waals surface area contributed by atoms with Crippen LogP contribution in [0.2, 0.25) is 0 Å². The van der Waals surface area contributed by atoms with E-state index >= 15 is 0 Å². The lowest BCUT2D eigenvalue weighted by atomic mass is 9.96. The number of aromatic nitrogens is 4. The summed E-state index contributed by atoms with van der Waals surface area (Å²) in [6, 6.07) is 11.2. The van der Waals surface area contributed by atoms with E-state index in [0.717, 1.165) is 92.5 Å². The van der Waals surface area contributed by atoms with E-state index in [1.807, 2.05) is 13.0 Å². The number of anilines is 4. The number of benzene rings is 1. The van der Waals surface area contributed by atoms with Crippen molar-refractivity contribution in [1.82, 2.24) is 25.5 Å². The summed E-state index contributed by atoms with van der Waals surface area (Å²) >= 11 is 0. The molecule has 3 aromatic rings. The van der Waals surface area contributed by atoms with Crippen LogP contribution in [0.25, 0.3) is 10.9 Å². The van der Waals surface area contributed by atoms with Gasteiger partial charge in [0.2, 0.25) is 5.95 Å². The molecular weight excluding hydrogens is 478 g/mol. The second-order valence-corrected chi connectivity index (χ2v) is 10.5. The van der Waals surface area contributed by atoms with Crippen molar-refractivity contribution in [1.29, 1.82) is 5.26 Å². The molecule has 10 nitrogen and oxygen atoms in total. The maximum absolute atomic E-state index is 8.96. The Kier molecular flexibility index (Phi) is 8.56. The lowest BCUT2D eigenvalue weighted by Crippen LogP contribution is -2.36. The van der Waals surface area contributed by atoms with Gasteiger partial charge in [-0.3, -0.25) is 5.10 Å². The minimum absolute atomic E-state index is 0.252. The molecule has 2 fully saturated rings. The summed E-state index contributed by atoms with van der Waals surface area (Å²) < 4.78 is 5.55. The zero-order chi connectivity index (χ0) is 26.3. The van der Waals surface area contributed by atoms with Crippen LogP contribution in [0.3, 0.4) is 0 Å². The maximum Gasteiger partial charge on any atom is 0.225 e. The first-order valence-corrected chi connectivity index (χ1v) is 13.9. The van der Waals surface area contributed by atoms with E-state index in [1.54, 1.807) is 0 Å². The lowest BCUT2D eigenvalue weighted by Gasteiger charge is -2.29. The van der Waals surface area contributed by atoms with Crippen LogP contribution >= 0.6 is 0 Å². The standard InChI is InChI=1S/C28H39N9O/c1-3-20-5-6-21(30-10-4-9-29)17-22(16-20)31-28-32-25-18-23(37-11-13-38-14-12-37)7-8-24(25)27(34-28)33-26-15-19(2)35-36-26/h7-8,15,18,20-22,30H,3-6,10-14,16-17H2,1-2H3,(H3,31,32,33,34,35,36). The summed E-state index contributed by atoms with van der Waals surface area (Å²) in [5.41, 5.74) is 3.03. The molecule has 0 radical (unpaired) electrons. The van der Waals surface area contributed by atoms with E-state index in [9.17, 15) is 0 Å². The van der Waals surface area contributed by atoms with E-state index in [-0.39, 0.29) is 6.04 Å². The zero-order valence-corrected chi connectivity index (χ0v) is 22.5. The number of nitriles is 1. The van der Waals surface area contributed by atoms with Gasteiger partial charge in [0.05, 0.1) is 24.8 Å². The second-order valence-electron chi connectivity index (χ2n) is 10.5. The Morgan fingerprint density at radius 1 is 1.13 bits per heavy atom. The average molecular weight is 518 g/mol. The summed E-state index contributed by atoms with van der Waals surface area (Å²) in [5.74, 6) is 2.76. The van der Waals surface area contributed by atoms with Gasteiger partial charge in [-0.1, -0.05) is 13.3 Å². The number of morpholine rings is 1. The van der Waals surface area contributed by atoms with E-state index in [4.69, 9.17) is 20.0 Å². The third-order valence-corrected chi connectivity index (χ3v) is 7.70. The zero-order valence-electron chi connectivity index (χ0n) is 22.5. The molecule has 0 amide bonds.